The van der Waals surface area contributed by atoms with Gasteiger partial charge in [-0.1, -0.05) is 12.8 Å². The highest BCUT2D eigenvalue weighted by Crippen LogP contribution is 2.28. The fourth-order valence-corrected chi connectivity index (χ4v) is 4.06. The fourth-order valence-electron chi connectivity index (χ4n) is 2.57. The first kappa shape index (κ1) is 14.7. The van der Waals surface area contributed by atoms with Crippen LogP contribution in [0.25, 0.3) is 0 Å². The van der Waals surface area contributed by atoms with Crippen molar-refractivity contribution in [2.45, 2.75) is 45.1 Å². The SMILES string of the molecule is CC(=O)CC1CCCCCN1C(=O)c1sccc1Br. The monoisotopic (exact) mass is 343 g/mol. The number of rotatable bonds is 3. The second kappa shape index (κ2) is 6.66. The van der Waals surface area contributed by atoms with Crippen LogP contribution in [0.15, 0.2) is 15.9 Å². The second-order valence-corrected chi connectivity index (χ2v) is 6.78. The molecule has 1 aromatic heterocycles. The van der Waals surface area contributed by atoms with Gasteiger partial charge < -0.3 is 4.90 Å². The number of amides is 1. The maximum atomic E-state index is 12.6. The smallest absolute Gasteiger partial charge is 0.265 e. The lowest BCUT2D eigenvalue weighted by Gasteiger charge is -2.29. The summed E-state index contributed by atoms with van der Waals surface area (Å²) in [5, 5.41) is 1.91. The predicted octanol–water partition coefficient (Wildman–Crippen LogP) is 3.87. The van der Waals surface area contributed by atoms with Gasteiger partial charge in [0.2, 0.25) is 0 Å². The van der Waals surface area contributed by atoms with Gasteiger partial charge in [-0.25, -0.2) is 0 Å². The van der Waals surface area contributed by atoms with Crippen molar-refractivity contribution in [3.05, 3.63) is 20.8 Å². The molecule has 1 aliphatic rings. The largest absolute Gasteiger partial charge is 0.334 e. The van der Waals surface area contributed by atoms with Crippen LogP contribution in [0.4, 0.5) is 0 Å². The fraction of sp³-hybridized carbons (Fsp3) is 0.571. The molecule has 1 aliphatic heterocycles. The van der Waals surface area contributed by atoms with E-state index in [1.807, 2.05) is 16.3 Å². The van der Waals surface area contributed by atoms with Crippen LogP contribution in [-0.2, 0) is 4.79 Å². The van der Waals surface area contributed by atoms with Gasteiger partial charge in [-0.15, -0.1) is 11.3 Å². The van der Waals surface area contributed by atoms with E-state index in [9.17, 15) is 9.59 Å². The molecule has 1 atom stereocenters. The summed E-state index contributed by atoms with van der Waals surface area (Å²) in [5.74, 6) is 0.227. The van der Waals surface area contributed by atoms with E-state index in [-0.39, 0.29) is 17.7 Å². The molecule has 0 aliphatic carbocycles. The van der Waals surface area contributed by atoms with Crippen molar-refractivity contribution in [1.82, 2.24) is 4.90 Å². The van der Waals surface area contributed by atoms with E-state index in [0.717, 1.165) is 41.6 Å². The van der Waals surface area contributed by atoms with E-state index in [1.165, 1.54) is 11.3 Å². The number of likely N-dealkylation sites (tertiary alicyclic amines) is 1. The lowest BCUT2D eigenvalue weighted by molar-refractivity contribution is -0.118. The van der Waals surface area contributed by atoms with E-state index in [1.54, 1.807) is 6.92 Å². The molecule has 0 bridgehead atoms. The molecule has 0 N–H and O–H groups in total. The summed E-state index contributed by atoms with van der Waals surface area (Å²) < 4.78 is 0.855. The Labute approximate surface area is 126 Å². The van der Waals surface area contributed by atoms with Crippen molar-refractivity contribution in [2.24, 2.45) is 0 Å². The van der Waals surface area contributed by atoms with Crippen molar-refractivity contribution in [3.63, 3.8) is 0 Å². The zero-order valence-corrected chi connectivity index (χ0v) is 13.4. The van der Waals surface area contributed by atoms with Crippen LogP contribution in [0.1, 0.15) is 48.7 Å². The van der Waals surface area contributed by atoms with Gasteiger partial charge in [0.05, 0.1) is 0 Å². The van der Waals surface area contributed by atoms with Crippen molar-refractivity contribution in [2.75, 3.05) is 6.54 Å². The number of hydrogen-bond donors (Lipinski definition) is 0. The first-order chi connectivity index (χ1) is 9.09. The molecule has 2 heterocycles. The Morgan fingerprint density at radius 2 is 2.21 bits per heavy atom. The molecule has 2 rings (SSSR count). The predicted molar refractivity (Wildman–Crippen MR) is 80.6 cm³/mol. The normalized spacial score (nSPS) is 20.1. The summed E-state index contributed by atoms with van der Waals surface area (Å²) >= 11 is 4.88. The Bertz CT molecular complexity index is 472. The van der Waals surface area contributed by atoms with Crippen molar-refractivity contribution in [1.29, 1.82) is 0 Å². The third-order valence-corrected chi connectivity index (χ3v) is 5.30. The van der Waals surface area contributed by atoms with Crippen molar-refractivity contribution < 1.29 is 9.59 Å². The number of thiophene rings is 1. The molecule has 1 saturated heterocycles. The molecule has 19 heavy (non-hydrogen) atoms. The third kappa shape index (κ3) is 3.66. The Morgan fingerprint density at radius 1 is 1.42 bits per heavy atom. The average molecular weight is 344 g/mol. The zero-order valence-electron chi connectivity index (χ0n) is 11.0. The Kier molecular flexibility index (Phi) is 5.16. The molecule has 104 valence electrons. The van der Waals surface area contributed by atoms with E-state index in [2.05, 4.69) is 15.9 Å². The van der Waals surface area contributed by atoms with Crippen LogP contribution in [0.5, 0.6) is 0 Å². The van der Waals surface area contributed by atoms with E-state index in [4.69, 9.17) is 0 Å². The van der Waals surface area contributed by atoms with Gasteiger partial charge in [-0.3, -0.25) is 9.59 Å². The van der Waals surface area contributed by atoms with Crippen molar-refractivity contribution >= 4 is 39.0 Å². The van der Waals surface area contributed by atoms with Crippen LogP contribution in [-0.4, -0.2) is 29.2 Å². The zero-order chi connectivity index (χ0) is 13.8. The number of carbonyl (C=O) groups is 2. The van der Waals surface area contributed by atoms with Gasteiger partial charge in [-0.05, 0) is 47.1 Å². The average Bonchev–Trinajstić information content (AvgIpc) is 2.64. The quantitative estimate of drug-likeness (QED) is 0.835. The Hall–Kier alpha value is -0.680. The number of carbonyl (C=O) groups excluding carboxylic acids is 2. The molecule has 5 heteroatoms. The highest BCUT2D eigenvalue weighted by molar-refractivity contribution is 9.10. The summed E-state index contributed by atoms with van der Waals surface area (Å²) in [6.45, 7) is 2.37. The molecular formula is C14H18BrNO2S. The molecule has 0 saturated carbocycles. The maximum Gasteiger partial charge on any atom is 0.265 e. The molecule has 0 aromatic carbocycles. The molecule has 1 unspecified atom stereocenters. The number of hydrogen-bond acceptors (Lipinski definition) is 3. The summed E-state index contributed by atoms with van der Waals surface area (Å²) in [5.41, 5.74) is 0. The molecule has 0 spiro atoms. The van der Waals surface area contributed by atoms with Gasteiger partial charge in [-0.2, -0.15) is 0 Å². The van der Waals surface area contributed by atoms with Crippen LogP contribution >= 0.6 is 27.3 Å². The third-order valence-electron chi connectivity index (χ3n) is 3.47. The minimum Gasteiger partial charge on any atom is -0.334 e. The molecule has 3 nitrogen and oxygen atoms in total. The highest BCUT2D eigenvalue weighted by Gasteiger charge is 2.28. The van der Waals surface area contributed by atoms with Crippen LogP contribution in [0.3, 0.4) is 0 Å². The minimum atomic E-state index is 0.0648. The van der Waals surface area contributed by atoms with Crippen molar-refractivity contribution in [3.8, 4) is 0 Å². The molecular weight excluding hydrogens is 326 g/mol. The Morgan fingerprint density at radius 3 is 2.84 bits per heavy atom. The Balaban J connectivity index is 2.20. The number of halogens is 1. The second-order valence-electron chi connectivity index (χ2n) is 5.01. The van der Waals surface area contributed by atoms with Crippen LogP contribution in [0.2, 0.25) is 0 Å². The highest BCUT2D eigenvalue weighted by atomic mass is 79.9. The first-order valence-electron chi connectivity index (χ1n) is 6.63. The van der Waals surface area contributed by atoms with Gasteiger partial charge in [0.25, 0.3) is 5.91 Å². The minimum absolute atomic E-state index is 0.0648. The topological polar surface area (TPSA) is 37.4 Å². The summed E-state index contributed by atoms with van der Waals surface area (Å²) in [4.78, 5) is 26.7. The van der Waals surface area contributed by atoms with Gasteiger partial charge >= 0.3 is 0 Å². The molecule has 1 amide bonds. The van der Waals surface area contributed by atoms with Gasteiger partial charge in [0, 0.05) is 23.5 Å². The summed E-state index contributed by atoms with van der Waals surface area (Å²) in [6, 6.07) is 1.97. The van der Waals surface area contributed by atoms with E-state index >= 15 is 0 Å². The lowest BCUT2D eigenvalue weighted by atomic mass is 10.0. The first-order valence-corrected chi connectivity index (χ1v) is 8.30. The van der Waals surface area contributed by atoms with Gasteiger partial charge in [0.1, 0.15) is 10.7 Å². The molecule has 0 radical (unpaired) electrons. The van der Waals surface area contributed by atoms with Crippen LogP contribution in [0, 0.1) is 0 Å². The van der Waals surface area contributed by atoms with E-state index in [0.29, 0.717) is 6.42 Å². The summed E-state index contributed by atoms with van der Waals surface area (Å²) in [7, 11) is 0. The number of ketones is 1. The number of nitrogens with zero attached hydrogens (tertiary/aromatic N) is 1. The standard InChI is InChI=1S/C14H18BrNO2S/c1-10(17)9-11-5-3-2-4-7-16(11)14(18)13-12(15)6-8-19-13/h6,8,11H,2-5,7,9H2,1H3. The molecule has 1 aromatic rings. The number of Topliss-reactive ketones (excluding diaryl/α,β-unsaturated/α-hetero) is 1. The van der Waals surface area contributed by atoms with Crippen LogP contribution < -0.4 is 0 Å². The van der Waals surface area contributed by atoms with E-state index < -0.39 is 0 Å². The summed E-state index contributed by atoms with van der Waals surface area (Å²) in [6.07, 6.45) is 4.70. The molecule has 1 fully saturated rings. The lowest BCUT2D eigenvalue weighted by Crippen LogP contribution is -2.40. The maximum absolute atomic E-state index is 12.6. The van der Waals surface area contributed by atoms with Gasteiger partial charge in [0.15, 0.2) is 0 Å².